The third-order valence-electron chi connectivity index (χ3n) is 6.08. The van der Waals surface area contributed by atoms with Crippen molar-refractivity contribution in [1.82, 2.24) is 24.2 Å². The molecule has 2 unspecified atom stereocenters. The number of aromatic nitrogens is 4. The van der Waals surface area contributed by atoms with E-state index in [0.717, 1.165) is 23.7 Å². The topological polar surface area (TPSA) is 76.2 Å². The zero-order valence-electron chi connectivity index (χ0n) is 15.3. The van der Waals surface area contributed by atoms with Gasteiger partial charge in [-0.15, -0.1) is 0 Å². The quantitative estimate of drug-likeness (QED) is 0.770. The lowest BCUT2D eigenvalue weighted by atomic mass is 9.85. The number of aryl methyl sites for hydroxylation is 1. The Labute approximate surface area is 157 Å². The highest BCUT2D eigenvalue weighted by molar-refractivity contribution is 5.94. The molecule has 0 saturated carbocycles. The molecule has 2 aliphatic heterocycles. The van der Waals surface area contributed by atoms with E-state index in [1.54, 1.807) is 23.3 Å². The molecular weight excluding hydrogens is 342 g/mol. The Morgan fingerprint density at radius 2 is 2.04 bits per heavy atom. The Balaban J connectivity index is 1.38. The lowest BCUT2D eigenvalue weighted by Gasteiger charge is -2.44. The van der Waals surface area contributed by atoms with Crippen LogP contribution in [0.4, 0.5) is 0 Å². The maximum atomic E-state index is 13.0. The first-order valence-corrected chi connectivity index (χ1v) is 9.45. The summed E-state index contributed by atoms with van der Waals surface area (Å²) in [5, 5.41) is 16.6. The summed E-state index contributed by atoms with van der Waals surface area (Å²) < 4.78 is 3.74. The summed E-state index contributed by atoms with van der Waals surface area (Å²) in [6, 6.07) is 4.20. The number of carbonyl (C=O) groups excluding carboxylic acids is 1. The minimum Gasteiger partial charge on any atom is -0.388 e. The highest BCUT2D eigenvalue weighted by Gasteiger charge is 2.49. The first-order valence-electron chi connectivity index (χ1n) is 9.45. The van der Waals surface area contributed by atoms with Crippen LogP contribution in [0.3, 0.4) is 0 Å². The molecule has 0 spiro atoms. The van der Waals surface area contributed by atoms with E-state index in [1.165, 1.54) is 0 Å². The first kappa shape index (κ1) is 16.5. The van der Waals surface area contributed by atoms with E-state index >= 15 is 0 Å². The van der Waals surface area contributed by atoms with Crippen molar-refractivity contribution in [2.75, 3.05) is 0 Å². The van der Waals surface area contributed by atoms with Crippen molar-refractivity contribution in [2.45, 2.75) is 49.9 Å². The zero-order valence-corrected chi connectivity index (χ0v) is 15.3. The number of aliphatic hydroxyl groups is 1. The Morgan fingerprint density at radius 3 is 2.74 bits per heavy atom. The van der Waals surface area contributed by atoms with Crippen LogP contribution in [-0.4, -0.2) is 52.9 Å². The first-order chi connectivity index (χ1) is 13.0. The average Bonchev–Trinajstić information content (AvgIpc) is 3.32. The fourth-order valence-electron chi connectivity index (χ4n) is 4.95. The van der Waals surface area contributed by atoms with Crippen LogP contribution >= 0.6 is 0 Å². The van der Waals surface area contributed by atoms with Crippen LogP contribution < -0.4 is 0 Å². The molecule has 0 aromatic carbocycles. The molecule has 140 valence electrons. The number of hydrogen-bond acceptors (Lipinski definition) is 4. The van der Waals surface area contributed by atoms with Crippen LogP contribution in [0.2, 0.25) is 0 Å². The lowest BCUT2D eigenvalue weighted by Crippen LogP contribution is -2.54. The zero-order chi connectivity index (χ0) is 18.6. The van der Waals surface area contributed by atoms with Gasteiger partial charge in [0.15, 0.2) is 0 Å². The van der Waals surface area contributed by atoms with Crippen molar-refractivity contribution in [3.8, 4) is 0 Å². The molecule has 0 radical (unpaired) electrons. The predicted molar refractivity (Wildman–Crippen MR) is 100 cm³/mol. The number of pyridine rings is 1. The standard InChI is InChI=1S/C20H23N5O2/c1-23-12-15(10-22-23)19(26)25-16-2-3-17(25)9-20(27,8-16)13-24-7-5-14-4-6-21-11-18(14)24/h4-7,10-12,16-17,27H,2-3,8-9,13H2,1H3. The Bertz CT molecular complexity index is 993. The number of piperidine rings is 1. The van der Waals surface area contributed by atoms with Crippen LogP contribution in [0.1, 0.15) is 36.0 Å². The minimum absolute atomic E-state index is 0.0354. The van der Waals surface area contributed by atoms with Gasteiger partial charge in [0, 0.05) is 43.1 Å². The van der Waals surface area contributed by atoms with Crippen LogP contribution in [0.25, 0.3) is 10.9 Å². The van der Waals surface area contributed by atoms with Gasteiger partial charge in [0.05, 0.1) is 35.6 Å². The number of carbonyl (C=O) groups is 1. The lowest BCUT2D eigenvalue weighted by molar-refractivity contribution is -0.0533. The van der Waals surface area contributed by atoms with E-state index in [4.69, 9.17) is 0 Å². The molecule has 5 heterocycles. The molecule has 3 aromatic rings. The minimum atomic E-state index is -0.806. The summed E-state index contributed by atoms with van der Waals surface area (Å²) in [7, 11) is 1.82. The van der Waals surface area contributed by atoms with E-state index in [2.05, 4.69) is 20.7 Å². The van der Waals surface area contributed by atoms with Crippen molar-refractivity contribution in [3.05, 3.63) is 48.7 Å². The third-order valence-corrected chi connectivity index (χ3v) is 6.08. The molecule has 1 amide bonds. The highest BCUT2D eigenvalue weighted by atomic mass is 16.3. The normalized spacial score (nSPS) is 27.4. The van der Waals surface area contributed by atoms with E-state index < -0.39 is 5.60 Å². The molecule has 2 aliphatic rings. The van der Waals surface area contributed by atoms with Gasteiger partial charge in [0.25, 0.3) is 5.91 Å². The number of nitrogens with zero attached hydrogens (tertiary/aromatic N) is 5. The fraction of sp³-hybridized carbons (Fsp3) is 0.450. The second-order valence-corrected chi connectivity index (χ2v) is 8.01. The highest BCUT2D eigenvalue weighted by Crippen LogP contribution is 2.42. The number of fused-ring (bicyclic) bond motifs is 3. The summed E-state index contributed by atoms with van der Waals surface area (Å²) in [6.45, 7) is 0.532. The molecule has 2 bridgehead atoms. The molecule has 2 fully saturated rings. The van der Waals surface area contributed by atoms with Gasteiger partial charge in [-0.2, -0.15) is 5.10 Å². The van der Waals surface area contributed by atoms with Crippen molar-refractivity contribution in [3.63, 3.8) is 0 Å². The molecule has 1 N–H and O–H groups in total. The summed E-state index contributed by atoms with van der Waals surface area (Å²) in [5.41, 5.74) is 0.855. The van der Waals surface area contributed by atoms with Gasteiger partial charge >= 0.3 is 0 Å². The molecule has 0 aliphatic carbocycles. The largest absolute Gasteiger partial charge is 0.388 e. The van der Waals surface area contributed by atoms with Gasteiger partial charge < -0.3 is 14.6 Å². The second-order valence-electron chi connectivity index (χ2n) is 8.01. The SMILES string of the molecule is Cn1cc(C(=O)N2C3CCC2CC(O)(Cn2ccc4ccncc42)C3)cn1. The van der Waals surface area contributed by atoms with Crippen LogP contribution in [0, 0.1) is 0 Å². The maximum Gasteiger partial charge on any atom is 0.257 e. The van der Waals surface area contributed by atoms with Gasteiger partial charge in [-0.3, -0.25) is 14.5 Å². The van der Waals surface area contributed by atoms with Gasteiger partial charge in [-0.05, 0) is 37.8 Å². The Hall–Kier alpha value is -2.67. The van der Waals surface area contributed by atoms with Crippen molar-refractivity contribution < 1.29 is 9.90 Å². The number of rotatable bonds is 3. The van der Waals surface area contributed by atoms with E-state index in [9.17, 15) is 9.90 Å². The Kier molecular flexibility index (Phi) is 3.62. The van der Waals surface area contributed by atoms with Gasteiger partial charge in [0.2, 0.25) is 0 Å². The van der Waals surface area contributed by atoms with Gasteiger partial charge in [0.1, 0.15) is 0 Å². The van der Waals surface area contributed by atoms with Crippen molar-refractivity contribution in [1.29, 1.82) is 0 Å². The molecular formula is C20H23N5O2. The van der Waals surface area contributed by atoms with E-state index in [1.807, 2.05) is 30.4 Å². The summed E-state index contributed by atoms with van der Waals surface area (Å²) in [5.74, 6) is 0.0354. The molecule has 27 heavy (non-hydrogen) atoms. The fourth-order valence-corrected chi connectivity index (χ4v) is 4.95. The smallest absolute Gasteiger partial charge is 0.257 e. The molecule has 7 nitrogen and oxygen atoms in total. The van der Waals surface area contributed by atoms with Crippen LogP contribution in [-0.2, 0) is 13.6 Å². The number of hydrogen-bond donors (Lipinski definition) is 1. The molecule has 5 rings (SSSR count). The third kappa shape index (κ3) is 2.73. The molecule has 2 saturated heterocycles. The van der Waals surface area contributed by atoms with E-state index in [0.29, 0.717) is 24.9 Å². The van der Waals surface area contributed by atoms with Crippen molar-refractivity contribution in [2.24, 2.45) is 7.05 Å². The summed E-state index contributed by atoms with van der Waals surface area (Å²) >= 11 is 0. The summed E-state index contributed by atoms with van der Waals surface area (Å²) in [4.78, 5) is 19.2. The molecule has 7 heteroatoms. The summed E-state index contributed by atoms with van der Waals surface area (Å²) in [6.07, 6.45) is 12.1. The average molecular weight is 365 g/mol. The number of amides is 1. The van der Waals surface area contributed by atoms with Crippen LogP contribution in [0.15, 0.2) is 43.1 Å². The Morgan fingerprint density at radius 1 is 1.26 bits per heavy atom. The van der Waals surface area contributed by atoms with Crippen LogP contribution in [0.5, 0.6) is 0 Å². The van der Waals surface area contributed by atoms with Gasteiger partial charge in [-0.1, -0.05) is 0 Å². The maximum absolute atomic E-state index is 13.0. The molecule has 2 atom stereocenters. The predicted octanol–water partition coefficient (Wildman–Crippen LogP) is 1.97. The van der Waals surface area contributed by atoms with E-state index in [-0.39, 0.29) is 18.0 Å². The monoisotopic (exact) mass is 365 g/mol. The molecule has 3 aromatic heterocycles. The second kappa shape index (κ2) is 5.92. The van der Waals surface area contributed by atoms with Crippen molar-refractivity contribution >= 4 is 16.8 Å². The van der Waals surface area contributed by atoms with Gasteiger partial charge in [-0.25, -0.2) is 0 Å².